The molecular formula is C13H17NO. The number of aryl methyl sites for hydroxylation is 1. The lowest BCUT2D eigenvalue weighted by atomic mass is 10.1. The van der Waals surface area contributed by atoms with Gasteiger partial charge >= 0.3 is 0 Å². The van der Waals surface area contributed by atoms with Crippen LogP contribution < -0.4 is 5.32 Å². The molecule has 1 atom stereocenters. The van der Waals surface area contributed by atoms with Gasteiger partial charge in [0.2, 0.25) is 0 Å². The fraction of sp³-hybridized carbons (Fsp3) is 0.385. The van der Waals surface area contributed by atoms with Gasteiger partial charge in [-0.1, -0.05) is 12.1 Å². The van der Waals surface area contributed by atoms with Crippen LogP contribution in [0.25, 0.3) is 11.0 Å². The SMILES string of the molecule is CN[C@H](C)Cc1ccc2cc(C)oc2c1. The zero-order chi connectivity index (χ0) is 10.8. The summed E-state index contributed by atoms with van der Waals surface area (Å²) in [4.78, 5) is 0. The molecule has 0 aliphatic heterocycles. The van der Waals surface area contributed by atoms with Crippen LogP contribution in [-0.2, 0) is 6.42 Å². The number of fused-ring (bicyclic) bond motifs is 1. The number of hydrogen-bond acceptors (Lipinski definition) is 2. The van der Waals surface area contributed by atoms with Crippen molar-refractivity contribution in [3.63, 3.8) is 0 Å². The second kappa shape index (κ2) is 4.07. The highest BCUT2D eigenvalue weighted by Crippen LogP contribution is 2.20. The standard InChI is InChI=1S/C13H17NO/c1-9(14-3)6-11-4-5-12-7-10(2)15-13(12)8-11/h4-5,7-9,14H,6H2,1-3H3/t9-/m1/s1. The zero-order valence-corrected chi connectivity index (χ0v) is 9.50. The van der Waals surface area contributed by atoms with E-state index in [1.807, 2.05) is 14.0 Å². The summed E-state index contributed by atoms with van der Waals surface area (Å²) in [7, 11) is 1.99. The van der Waals surface area contributed by atoms with Crippen molar-refractivity contribution in [2.75, 3.05) is 7.05 Å². The van der Waals surface area contributed by atoms with Gasteiger partial charge in [-0.25, -0.2) is 0 Å². The van der Waals surface area contributed by atoms with Gasteiger partial charge in [-0.15, -0.1) is 0 Å². The monoisotopic (exact) mass is 203 g/mol. The fourth-order valence-electron chi connectivity index (χ4n) is 1.79. The van der Waals surface area contributed by atoms with Crippen molar-refractivity contribution in [3.05, 3.63) is 35.6 Å². The van der Waals surface area contributed by atoms with E-state index in [-0.39, 0.29) is 0 Å². The van der Waals surface area contributed by atoms with E-state index in [2.05, 4.69) is 36.5 Å². The normalized spacial score (nSPS) is 13.3. The molecule has 1 aromatic heterocycles. The molecular weight excluding hydrogens is 186 g/mol. The Bertz CT molecular complexity index is 459. The average Bonchev–Trinajstić information content (AvgIpc) is 2.57. The predicted molar refractivity (Wildman–Crippen MR) is 63.2 cm³/mol. The van der Waals surface area contributed by atoms with Crippen LogP contribution in [-0.4, -0.2) is 13.1 Å². The van der Waals surface area contributed by atoms with E-state index >= 15 is 0 Å². The van der Waals surface area contributed by atoms with Crippen molar-refractivity contribution in [1.29, 1.82) is 0 Å². The van der Waals surface area contributed by atoms with Gasteiger partial charge in [-0.3, -0.25) is 0 Å². The van der Waals surface area contributed by atoms with Gasteiger partial charge in [0, 0.05) is 11.4 Å². The molecule has 0 fully saturated rings. The molecule has 2 heteroatoms. The lowest BCUT2D eigenvalue weighted by Gasteiger charge is -2.09. The summed E-state index contributed by atoms with van der Waals surface area (Å²) < 4.78 is 5.60. The first-order valence-electron chi connectivity index (χ1n) is 5.35. The van der Waals surface area contributed by atoms with Gasteiger partial charge in [0.15, 0.2) is 0 Å². The van der Waals surface area contributed by atoms with E-state index in [4.69, 9.17) is 4.42 Å². The molecule has 0 amide bonds. The van der Waals surface area contributed by atoms with Crippen LogP contribution in [0.3, 0.4) is 0 Å². The molecule has 2 rings (SSSR count). The number of benzene rings is 1. The molecule has 0 bridgehead atoms. The van der Waals surface area contributed by atoms with Crippen LogP contribution in [0.5, 0.6) is 0 Å². The van der Waals surface area contributed by atoms with Crippen LogP contribution in [0, 0.1) is 6.92 Å². The molecule has 0 aliphatic rings. The van der Waals surface area contributed by atoms with Crippen molar-refractivity contribution < 1.29 is 4.42 Å². The second-order valence-electron chi connectivity index (χ2n) is 4.12. The first-order chi connectivity index (χ1) is 7.19. The summed E-state index contributed by atoms with van der Waals surface area (Å²) in [6, 6.07) is 9.00. The molecule has 0 aliphatic carbocycles. The quantitative estimate of drug-likeness (QED) is 0.829. The summed E-state index contributed by atoms with van der Waals surface area (Å²) in [5, 5.41) is 4.42. The maximum Gasteiger partial charge on any atom is 0.134 e. The third-order valence-electron chi connectivity index (χ3n) is 2.74. The Labute approximate surface area is 90.3 Å². The molecule has 2 aromatic rings. The molecule has 1 heterocycles. The summed E-state index contributed by atoms with van der Waals surface area (Å²) in [5.74, 6) is 0.976. The molecule has 0 spiro atoms. The Morgan fingerprint density at radius 3 is 2.87 bits per heavy atom. The molecule has 15 heavy (non-hydrogen) atoms. The van der Waals surface area contributed by atoms with Gasteiger partial charge in [-0.05, 0) is 45.0 Å². The largest absolute Gasteiger partial charge is 0.461 e. The molecule has 1 N–H and O–H groups in total. The van der Waals surface area contributed by atoms with Crippen LogP contribution in [0.4, 0.5) is 0 Å². The van der Waals surface area contributed by atoms with E-state index in [1.54, 1.807) is 0 Å². The van der Waals surface area contributed by atoms with Crippen LogP contribution >= 0.6 is 0 Å². The van der Waals surface area contributed by atoms with Gasteiger partial charge < -0.3 is 9.73 Å². The third-order valence-corrected chi connectivity index (χ3v) is 2.74. The van der Waals surface area contributed by atoms with E-state index in [1.165, 1.54) is 10.9 Å². The molecule has 0 saturated carbocycles. The van der Waals surface area contributed by atoms with Crippen molar-refractivity contribution in [2.45, 2.75) is 26.3 Å². The molecule has 0 radical (unpaired) electrons. The molecule has 0 saturated heterocycles. The molecule has 80 valence electrons. The van der Waals surface area contributed by atoms with Gasteiger partial charge in [0.1, 0.15) is 11.3 Å². The summed E-state index contributed by atoms with van der Waals surface area (Å²) in [6.07, 6.45) is 1.03. The lowest BCUT2D eigenvalue weighted by Crippen LogP contribution is -2.23. The first kappa shape index (κ1) is 10.2. The van der Waals surface area contributed by atoms with Crippen molar-refractivity contribution in [3.8, 4) is 0 Å². The van der Waals surface area contributed by atoms with Gasteiger partial charge in [-0.2, -0.15) is 0 Å². The number of hydrogen-bond donors (Lipinski definition) is 1. The van der Waals surface area contributed by atoms with Crippen LogP contribution in [0.1, 0.15) is 18.2 Å². The number of likely N-dealkylation sites (N-methyl/N-ethyl adjacent to an activating group) is 1. The van der Waals surface area contributed by atoms with E-state index in [0.717, 1.165) is 17.8 Å². The minimum absolute atomic E-state index is 0.499. The van der Waals surface area contributed by atoms with Gasteiger partial charge in [0.25, 0.3) is 0 Å². The minimum atomic E-state index is 0.499. The van der Waals surface area contributed by atoms with Crippen molar-refractivity contribution in [2.24, 2.45) is 0 Å². The highest BCUT2D eigenvalue weighted by atomic mass is 16.3. The lowest BCUT2D eigenvalue weighted by molar-refractivity contribution is 0.576. The van der Waals surface area contributed by atoms with Crippen molar-refractivity contribution in [1.82, 2.24) is 5.32 Å². The predicted octanol–water partition coefficient (Wildman–Crippen LogP) is 2.89. The Morgan fingerprint density at radius 2 is 2.13 bits per heavy atom. The summed E-state index contributed by atoms with van der Waals surface area (Å²) >= 11 is 0. The Hall–Kier alpha value is -1.28. The van der Waals surface area contributed by atoms with Gasteiger partial charge in [0.05, 0.1) is 0 Å². The number of rotatable bonds is 3. The number of furan rings is 1. The smallest absolute Gasteiger partial charge is 0.134 e. The maximum atomic E-state index is 5.60. The Kier molecular flexibility index (Phi) is 2.78. The van der Waals surface area contributed by atoms with E-state index < -0.39 is 0 Å². The Morgan fingerprint density at radius 1 is 1.33 bits per heavy atom. The van der Waals surface area contributed by atoms with Crippen molar-refractivity contribution >= 4 is 11.0 Å². The number of nitrogens with one attached hydrogen (secondary N) is 1. The highest BCUT2D eigenvalue weighted by Gasteiger charge is 2.04. The molecule has 0 unspecified atom stereocenters. The topological polar surface area (TPSA) is 25.2 Å². The fourth-order valence-corrected chi connectivity index (χ4v) is 1.79. The van der Waals surface area contributed by atoms with E-state index in [0.29, 0.717) is 6.04 Å². The Balaban J connectivity index is 2.30. The third kappa shape index (κ3) is 2.21. The maximum absolute atomic E-state index is 5.60. The van der Waals surface area contributed by atoms with Crippen LogP contribution in [0.15, 0.2) is 28.7 Å². The molecule has 1 aromatic carbocycles. The zero-order valence-electron chi connectivity index (χ0n) is 9.50. The minimum Gasteiger partial charge on any atom is -0.461 e. The molecule has 2 nitrogen and oxygen atoms in total. The summed E-state index contributed by atoms with van der Waals surface area (Å²) in [6.45, 7) is 4.16. The average molecular weight is 203 g/mol. The second-order valence-corrected chi connectivity index (χ2v) is 4.12. The highest BCUT2D eigenvalue weighted by molar-refractivity contribution is 5.78. The van der Waals surface area contributed by atoms with Crippen LogP contribution in [0.2, 0.25) is 0 Å². The van der Waals surface area contributed by atoms with E-state index in [9.17, 15) is 0 Å². The summed E-state index contributed by atoms with van der Waals surface area (Å²) in [5.41, 5.74) is 2.31. The first-order valence-corrected chi connectivity index (χ1v) is 5.35.